The molecule has 0 radical (unpaired) electrons. The van der Waals surface area contributed by atoms with Gasteiger partial charge >= 0.3 is 5.97 Å². The van der Waals surface area contributed by atoms with Crippen molar-refractivity contribution in [2.24, 2.45) is 0 Å². The third-order valence-electron chi connectivity index (χ3n) is 2.41. The van der Waals surface area contributed by atoms with E-state index in [4.69, 9.17) is 4.74 Å². The van der Waals surface area contributed by atoms with Gasteiger partial charge in [0.05, 0.1) is 22.1 Å². The summed E-state index contributed by atoms with van der Waals surface area (Å²) in [6.45, 7) is 1.84. The number of hydrogen-bond donors (Lipinski definition) is 1. The molecular formula is C12H10BrNO3S2. The lowest BCUT2D eigenvalue weighted by atomic mass is 10.2. The van der Waals surface area contributed by atoms with Gasteiger partial charge in [-0.2, -0.15) is 0 Å². The second-order valence-electron chi connectivity index (χ2n) is 3.71. The quantitative estimate of drug-likeness (QED) is 0.844. The maximum atomic E-state index is 12.1. The molecule has 2 heterocycles. The Kier molecular flexibility index (Phi) is 4.38. The molecule has 0 saturated heterocycles. The Labute approximate surface area is 126 Å². The van der Waals surface area contributed by atoms with Crippen molar-refractivity contribution in [2.45, 2.75) is 6.92 Å². The summed E-state index contributed by atoms with van der Waals surface area (Å²) in [5.74, 6) is -0.687. The molecule has 0 bridgehead atoms. The van der Waals surface area contributed by atoms with Gasteiger partial charge in [0.15, 0.2) is 0 Å². The van der Waals surface area contributed by atoms with Crippen LogP contribution in [0.25, 0.3) is 0 Å². The number of anilines is 1. The lowest BCUT2D eigenvalue weighted by Gasteiger charge is -2.06. The van der Waals surface area contributed by atoms with Crippen LogP contribution >= 0.6 is 38.6 Å². The molecule has 4 nitrogen and oxygen atoms in total. The molecule has 7 heteroatoms. The van der Waals surface area contributed by atoms with Crippen LogP contribution in [0, 0.1) is 6.92 Å². The normalized spacial score (nSPS) is 10.3. The van der Waals surface area contributed by atoms with Crippen LogP contribution in [-0.4, -0.2) is 19.0 Å². The van der Waals surface area contributed by atoms with E-state index < -0.39 is 5.97 Å². The molecule has 0 aliphatic carbocycles. The topological polar surface area (TPSA) is 55.4 Å². The molecule has 19 heavy (non-hydrogen) atoms. The summed E-state index contributed by atoms with van der Waals surface area (Å²) in [5.41, 5.74) is 1.91. The van der Waals surface area contributed by atoms with E-state index in [2.05, 4.69) is 21.2 Å². The van der Waals surface area contributed by atoms with Gasteiger partial charge < -0.3 is 10.1 Å². The summed E-state index contributed by atoms with van der Waals surface area (Å²) >= 11 is 5.99. The maximum absolute atomic E-state index is 12.1. The van der Waals surface area contributed by atoms with Crippen LogP contribution in [0.15, 0.2) is 20.6 Å². The second kappa shape index (κ2) is 5.85. The van der Waals surface area contributed by atoms with Gasteiger partial charge in [0, 0.05) is 5.38 Å². The Hall–Kier alpha value is -1.18. The number of ether oxygens (including phenoxy) is 1. The van der Waals surface area contributed by atoms with E-state index in [-0.39, 0.29) is 5.91 Å². The van der Waals surface area contributed by atoms with Crippen molar-refractivity contribution >= 4 is 56.2 Å². The van der Waals surface area contributed by atoms with Crippen molar-refractivity contribution in [3.63, 3.8) is 0 Å². The van der Waals surface area contributed by atoms with E-state index in [9.17, 15) is 9.59 Å². The molecular weight excluding hydrogens is 350 g/mol. The molecule has 0 aliphatic rings. The number of aryl methyl sites for hydroxylation is 1. The highest BCUT2D eigenvalue weighted by molar-refractivity contribution is 9.11. The van der Waals surface area contributed by atoms with Gasteiger partial charge in [-0.05, 0) is 39.9 Å². The van der Waals surface area contributed by atoms with Crippen LogP contribution in [0.4, 0.5) is 5.69 Å². The monoisotopic (exact) mass is 359 g/mol. The Morgan fingerprint density at radius 1 is 1.32 bits per heavy atom. The first-order valence-electron chi connectivity index (χ1n) is 5.24. The summed E-state index contributed by atoms with van der Waals surface area (Å²) in [6, 6.07) is 1.74. The molecule has 0 spiro atoms. The summed E-state index contributed by atoms with van der Waals surface area (Å²) in [6.07, 6.45) is 0. The third kappa shape index (κ3) is 3.05. The van der Waals surface area contributed by atoms with Crippen molar-refractivity contribution < 1.29 is 14.3 Å². The lowest BCUT2D eigenvalue weighted by molar-refractivity contribution is 0.0607. The smallest absolute Gasteiger partial charge is 0.350 e. The molecule has 1 N–H and O–H groups in total. The van der Waals surface area contributed by atoms with Crippen LogP contribution in [0.2, 0.25) is 0 Å². The average Bonchev–Trinajstić information content (AvgIpc) is 2.96. The summed E-state index contributed by atoms with van der Waals surface area (Å²) in [5, 5.41) is 6.32. The molecule has 0 atom stereocenters. The number of carbonyl (C=O) groups is 2. The summed E-state index contributed by atoms with van der Waals surface area (Å²) < 4.78 is 5.58. The molecule has 1 amide bonds. The SMILES string of the molecule is COC(=O)c1scc(C)c1NC(=O)c1csc(Br)c1. The molecule has 0 aromatic carbocycles. The van der Waals surface area contributed by atoms with Crippen molar-refractivity contribution in [1.29, 1.82) is 0 Å². The van der Waals surface area contributed by atoms with E-state index >= 15 is 0 Å². The number of methoxy groups -OCH3 is 1. The first kappa shape index (κ1) is 14.2. The van der Waals surface area contributed by atoms with Gasteiger partial charge in [0.2, 0.25) is 0 Å². The Morgan fingerprint density at radius 3 is 2.63 bits per heavy atom. The number of carbonyl (C=O) groups excluding carboxylic acids is 2. The minimum absolute atomic E-state index is 0.242. The Balaban J connectivity index is 2.26. The molecule has 2 aromatic rings. The van der Waals surface area contributed by atoms with Crippen LogP contribution in [0.3, 0.4) is 0 Å². The molecule has 0 saturated carbocycles. The molecule has 100 valence electrons. The number of esters is 1. The first-order valence-corrected chi connectivity index (χ1v) is 7.80. The van der Waals surface area contributed by atoms with Crippen LogP contribution in [0.5, 0.6) is 0 Å². The molecule has 2 aromatic heterocycles. The number of amides is 1. The highest BCUT2D eigenvalue weighted by Crippen LogP contribution is 2.29. The fourth-order valence-corrected chi connectivity index (χ4v) is 3.52. The van der Waals surface area contributed by atoms with E-state index in [1.54, 1.807) is 11.4 Å². The zero-order chi connectivity index (χ0) is 14.0. The zero-order valence-electron chi connectivity index (χ0n) is 10.2. The van der Waals surface area contributed by atoms with Gasteiger partial charge in [0.1, 0.15) is 4.88 Å². The maximum Gasteiger partial charge on any atom is 0.350 e. The first-order chi connectivity index (χ1) is 9.02. The van der Waals surface area contributed by atoms with E-state index in [0.29, 0.717) is 16.1 Å². The van der Waals surface area contributed by atoms with Gasteiger partial charge in [-0.15, -0.1) is 22.7 Å². The molecule has 0 aliphatic heterocycles. The summed E-state index contributed by atoms with van der Waals surface area (Å²) in [4.78, 5) is 24.1. The number of rotatable bonds is 3. The average molecular weight is 360 g/mol. The molecule has 0 unspecified atom stereocenters. The minimum atomic E-state index is -0.445. The largest absolute Gasteiger partial charge is 0.465 e. The van der Waals surface area contributed by atoms with Crippen molar-refractivity contribution in [1.82, 2.24) is 0 Å². The Bertz CT molecular complexity index is 633. The van der Waals surface area contributed by atoms with Gasteiger partial charge in [-0.3, -0.25) is 4.79 Å². The van der Waals surface area contributed by atoms with Gasteiger partial charge in [-0.1, -0.05) is 0 Å². The summed E-state index contributed by atoms with van der Waals surface area (Å²) in [7, 11) is 1.32. The fourth-order valence-electron chi connectivity index (χ4n) is 1.46. The lowest BCUT2D eigenvalue weighted by Crippen LogP contribution is -2.14. The minimum Gasteiger partial charge on any atom is -0.465 e. The van der Waals surface area contributed by atoms with E-state index in [0.717, 1.165) is 9.35 Å². The number of nitrogens with one attached hydrogen (secondary N) is 1. The van der Waals surface area contributed by atoms with Crippen molar-refractivity contribution in [3.05, 3.63) is 36.6 Å². The zero-order valence-corrected chi connectivity index (χ0v) is 13.4. The highest BCUT2D eigenvalue weighted by Gasteiger charge is 2.19. The number of thiophene rings is 2. The molecule has 0 fully saturated rings. The van der Waals surface area contributed by atoms with Crippen LogP contribution in [-0.2, 0) is 4.74 Å². The van der Waals surface area contributed by atoms with Crippen molar-refractivity contribution in [2.75, 3.05) is 12.4 Å². The standard InChI is InChI=1S/C12H10BrNO3S2/c1-6-4-19-10(12(16)17-2)9(6)14-11(15)7-3-8(13)18-5-7/h3-5H,1-2H3,(H,14,15). The second-order valence-corrected chi connectivity index (χ2v) is 6.88. The predicted octanol–water partition coefficient (Wildman–Crippen LogP) is 3.92. The molecule has 2 rings (SSSR count). The van der Waals surface area contributed by atoms with Crippen molar-refractivity contribution in [3.8, 4) is 0 Å². The van der Waals surface area contributed by atoms with E-state index in [1.807, 2.05) is 12.3 Å². The number of hydrogen-bond acceptors (Lipinski definition) is 5. The van der Waals surface area contributed by atoms with E-state index in [1.165, 1.54) is 29.8 Å². The third-order valence-corrected chi connectivity index (χ3v) is 5.00. The fraction of sp³-hybridized carbons (Fsp3) is 0.167. The van der Waals surface area contributed by atoms with Crippen LogP contribution in [0.1, 0.15) is 25.6 Å². The van der Waals surface area contributed by atoms with Gasteiger partial charge in [0.25, 0.3) is 5.91 Å². The number of halogens is 1. The van der Waals surface area contributed by atoms with Gasteiger partial charge in [-0.25, -0.2) is 4.79 Å². The highest BCUT2D eigenvalue weighted by atomic mass is 79.9. The van der Waals surface area contributed by atoms with Crippen LogP contribution < -0.4 is 5.32 Å². The Morgan fingerprint density at radius 2 is 2.05 bits per heavy atom. The predicted molar refractivity (Wildman–Crippen MR) is 80.4 cm³/mol.